The predicted molar refractivity (Wildman–Crippen MR) is 110 cm³/mol. The van der Waals surface area contributed by atoms with Gasteiger partial charge in [-0.2, -0.15) is 5.26 Å². The van der Waals surface area contributed by atoms with Crippen LogP contribution in [0, 0.1) is 11.3 Å². The molecule has 0 spiro atoms. The van der Waals surface area contributed by atoms with Gasteiger partial charge in [-0.3, -0.25) is 10.1 Å². The Morgan fingerprint density at radius 1 is 1.03 bits per heavy atom. The molecule has 1 atom stereocenters. The highest BCUT2D eigenvalue weighted by atomic mass is 16.5. The zero-order valence-corrected chi connectivity index (χ0v) is 16.7. The topological polar surface area (TPSA) is 108 Å². The van der Waals surface area contributed by atoms with Crippen molar-refractivity contribution < 1.29 is 19.1 Å². The van der Waals surface area contributed by atoms with Crippen LogP contribution in [0.2, 0.25) is 0 Å². The summed E-state index contributed by atoms with van der Waals surface area (Å²) in [5, 5.41) is 14.3. The summed E-state index contributed by atoms with van der Waals surface area (Å²) in [6.07, 6.45) is 2.74. The van der Waals surface area contributed by atoms with Crippen molar-refractivity contribution in [3.63, 3.8) is 0 Å². The molecule has 1 fully saturated rings. The van der Waals surface area contributed by atoms with Gasteiger partial charge in [0.2, 0.25) is 0 Å². The average Bonchev–Trinajstić information content (AvgIpc) is 3.26. The molecule has 3 amide bonds. The Hall–Kier alpha value is -3.66. The Kier molecular flexibility index (Phi) is 6.81. The Morgan fingerprint density at radius 2 is 1.67 bits per heavy atom. The maximum absolute atomic E-state index is 12.7. The molecule has 0 aliphatic heterocycles. The molecule has 3 rings (SSSR count). The van der Waals surface area contributed by atoms with Crippen LogP contribution < -0.4 is 10.6 Å². The van der Waals surface area contributed by atoms with Crippen LogP contribution in [0.15, 0.2) is 48.5 Å². The molecule has 2 aromatic carbocycles. The van der Waals surface area contributed by atoms with Crippen LogP contribution in [0.1, 0.15) is 48.5 Å². The number of urea groups is 1. The fourth-order valence-corrected chi connectivity index (χ4v) is 3.49. The smallest absolute Gasteiger partial charge is 0.339 e. The Bertz CT molecular complexity index is 990. The van der Waals surface area contributed by atoms with Crippen LogP contribution in [0.4, 0.5) is 4.79 Å². The molecule has 0 saturated heterocycles. The van der Waals surface area contributed by atoms with Crippen molar-refractivity contribution in [2.45, 2.75) is 44.8 Å². The van der Waals surface area contributed by atoms with E-state index in [1.54, 1.807) is 48.5 Å². The fourth-order valence-electron chi connectivity index (χ4n) is 3.49. The van der Waals surface area contributed by atoms with Crippen molar-refractivity contribution in [2.75, 3.05) is 0 Å². The van der Waals surface area contributed by atoms with Crippen LogP contribution in [-0.2, 0) is 9.53 Å². The lowest BCUT2D eigenvalue weighted by molar-refractivity contribution is -0.127. The van der Waals surface area contributed by atoms with Crippen molar-refractivity contribution in [3.05, 3.63) is 59.7 Å². The van der Waals surface area contributed by atoms with E-state index in [0.29, 0.717) is 16.7 Å². The van der Waals surface area contributed by atoms with Gasteiger partial charge in [-0.1, -0.05) is 49.2 Å². The van der Waals surface area contributed by atoms with Crippen LogP contribution in [0.3, 0.4) is 0 Å². The van der Waals surface area contributed by atoms with Gasteiger partial charge < -0.3 is 10.1 Å². The first-order chi connectivity index (χ1) is 14.5. The fraction of sp³-hybridized carbons (Fsp3) is 0.304. The lowest BCUT2D eigenvalue weighted by Gasteiger charge is -2.16. The summed E-state index contributed by atoms with van der Waals surface area (Å²) in [6, 6.07) is 15.2. The van der Waals surface area contributed by atoms with Crippen molar-refractivity contribution in [1.29, 1.82) is 5.26 Å². The maximum Gasteiger partial charge on any atom is 0.339 e. The summed E-state index contributed by atoms with van der Waals surface area (Å²) in [4.78, 5) is 37.0. The Labute approximate surface area is 175 Å². The number of nitrogens with one attached hydrogen (secondary N) is 2. The molecule has 0 radical (unpaired) electrons. The van der Waals surface area contributed by atoms with Gasteiger partial charge in [-0.25, -0.2) is 9.59 Å². The van der Waals surface area contributed by atoms with Gasteiger partial charge in [0.15, 0.2) is 6.10 Å². The quantitative estimate of drug-likeness (QED) is 0.740. The summed E-state index contributed by atoms with van der Waals surface area (Å²) >= 11 is 0. The molecule has 30 heavy (non-hydrogen) atoms. The molecule has 0 unspecified atom stereocenters. The SMILES string of the molecule is C[C@@H](OC(=O)c1ccccc1-c1ccccc1C#N)C(=O)NC(=O)NC1CCCC1. The van der Waals surface area contributed by atoms with Crippen LogP contribution in [-0.4, -0.2) is 30.1 Å². The van der Waals surface area contributed by atoms with E-state index in [9.17, 15) is 19.6 Å². The summed E-state index contributed by atoms with van der Waals surface area (Å²) < 4.78 is 5.29. The van der Waals surface area contributed by atoms with Crippen LogP contribution in [0.25, 0.3) is 11.1 Å². The maximum atomic E-state index is 12.7. The molecule has 7 heteroatoms. The molecule has 0 bridgehead atoms. The van der Waals surface area contributed by atoms with Crippen LogP contribution >= 0.6 is 0 Å². The number of hydrogen-bond acceptors (Lipinski definition) is 5. The second kappa shape index (κ2) is 9.70. The van der Waals surface area contributed by atoms with E-state index in [-0.39, 0.29) is 11.6 Å². The van der Waals surface area contributed by atoms with E-state index >= 15 is 0 Å². The van der Waals surface area contributed by atoms with Gasteiger partial charge in [-0.05, 0) is 37.5 Å². The molecular weight excluding hydrogens is 382 g/mol. The summed E-state index contributed by atoms with van der Waals surface area (Å²) in [6.45, 7) is 1.40. The number of carbonyl (C=O) groups is 3. The highest BCUT2D eigenvalue weighted by Crippen LogP contribution is 2.27. The van der Waals surface area contributed by atoms with E-state index < -0.39 is 24.0 Å². The zero-order chi connectivity index (χ0) is 21.5. The molecule has 0 aromatic heterocycles. The Morgan fingerprint density at radius 3 is 2.37 bits per heavy atom. The minimum atomic E-state index is -1.16. The minimum Gasteiger partial charge on any atom is -0.449 e. The number of amides is 3. The second-order valence-electron chi connectivity index (χ2n) is 7.19. The van der Waals surface area contributed by atoms with Gasteiger partial charge in [-0.15, -0.1) is 0 Å². The average molecular weight is 405 g/mol. The largest absolute Gasteiger partial charge is 0.449 e. The highest BCUT2D eigenvalue weighted by molar-refractivity contribution is 6.01. The monoisotopic (exact) mass is 405 g/mol. The number of carbonyl (C=O) groups excluding carboxylic acids is 3. The lowest BCUT2D eigenvalue weighted by atomic mass is 9.96. The first-order valence-electron chi connectivity index (χ1n) is 9.90. The molecular formula is C23H23N3O4. The van der Waals surface area contributed by atoms with Gasteiger partial charge in [0.25, 0.3) is 5.91 Å². The van der Waals surface area contributed by atoms with Gasteiger partial charge >= 0.3 is 12.0 Å². The van der Waals surface area contributed by atoms with Crippen molar-refractivity contribution in [1.82, 2.24) is 10.6 Å². The van der Waals surface area contributed by atoms with Crippen LogP contribution in [0.5, 0.6) is 0 Å². The molecule has 1 saturated carbocycles. The van der Waals surface area contributed by atoms with Crippen molar-refractivity contribution in [3.8, 4) is 17.2 Å². The minimum absolute atomic E-state index is 0.0720. The number of esters is 1. The molecule has 2 aromatic rings. The van der Waals surface area contributed by atoms with Crippen molar-refractivity contribution >= 4 is 17.9 Å². The van der Waals surface area contributed by atoms with Gasteiger partial charge in [0.1, 0.15) is 0 Å². The van der Waals surface area contributed by atoms with E-state index in [2.05, 4.69) is 16.7 Å². The van der Waals surface area contributed by atoms with E-state index in [1.165, 1.54) is 6.92 Å². The summed E-state index contributed by atoms with van der Waals surface area (Å²) in [7, 11) is 0. The number of rotatable bonds is 5. The number of ether oxygens (including phenoxy) is 1. The first-order valence-corrected chi connectivity index (χ1v) is 9.90. The van der Waals surface area contributed by atoms with E-state index in [0.717, 1.165) is 25.7 Å². The summed E-state index contributed by atoms with van der Waals surface area (Å²) in [5.41, 5.74) is 1.79. The van der Waals surface area contributed by atoms with Gasteiger partial charge in [0, 0.05) is 11.6 Å². The van der Waals surface area contributed by atoms with E-state index in [4.69, 9.17) is 4.74 Å². The predicted octanol–water partition coefficient (Wildman–Crippen LogP) is 3.54. The number of benzene rings is 2. The standard InChI is InChI=1S/C23H23N3O4/c1-15(21(27)26-23(29)25-17-9-3-4-10-17)30-22(28)20-13-7-6-12-19(20)18-11-5-2-8-16(18)14-24/h2,5-8,11-13,15,17H,3-4,9-10H2,1H3,(H2,25,26,27,29)/t15-/m1/s1. The molecule has 2 N–H and O–H groups in total. The third-order valence-electron chi connectivity index (χ3n) is 5.06. The third kappa shape index (κ3) is 5.03. The molecule has 1 aliphatic carbocycles. The molecule has 154 valence electrons. The normalized spacial score (nSPS) is 14.4. The number of nitriles is 1. The summed E-state index contributed by atoms with van der Waals surface area (Å²) in [5.74, 6) is -1.41. The molecule has 1 aliphatic rings. The Balaban J connectivity index is 1.68. The van der Waals surface area contributed by atoms with Crippen molar-refractivity contribution in [2.24, 2.45) is 0 Å². The zero-order valence-electron chi connectivity index (χ0n) is 16.7. The number of hydrogen-bond donors (Lipinski definition) is 2. The molecule has 7 nitrogen and oxygen atoms in total. The molecule has 0 heterocycles. The second-order valence-corrected chi connectivity index (χ2v) is 7.19. The van der Waals surface area contributed by atoms with E-state index in [1.807, 2.05) is 0 Å². The first kappa shape index (κ1) is 21.1. The lowest BCUT2D eigenvalue weighted by Crippen LogP contribution is -2.47. The number of imide groups is 1. The third-order valence-corrected chi connectivity index (χ3v) is 5.06. The van der Waals surface area contributed by atoms with Gasteiger partial charge in [0.05, 0.1) is 17.2 Å². The number of nitrogens with zero attached hydrogens (tertiary/aromatic N) is 1. The highest BCUT2D eigenvalue weighted by Gasteiger charge is 2.24.